The predicted molar refractivity (Wildman–Crippen MR) is 48.3 cm³/mol. The zero-order valence-corrected chi connectivity index (χ0v) is 8.50. The number of hydrogen-bond donors (Lipinski definition) is 1. The van der Waals surface area contributed by atoms with E-state index in [2.05, 4.69) is 9.47 Å². The Kier molecular flexibility index (Phi) is 3.94. The highest BCUT2D eigenvalue weighted by molar-refractivity contribution is 5.98. The van der Waals surface area contributed by atoms with Crippen molar-refractivity contribution in [2.75, 3.05) is 0 Å². The Hall–Kier alpha value is -2.06. The Morgan fingerprint density at radius 1 is 1.22 bits per heavy atom. The third-order valence-corrected chi connectivity index (χ3v) is 1.68. The molecular formula is C9H6F5NO3. The Bertz CT molecular complexity index is 446. The van der Waals surface area contributed by atoms with E-state index in [4.69, 9.17) is 5.73 Å². The lowest BCUT2D eigenvalue weighted by Crippen LogP contribution is -2.22. The molecule has 1 aromatic carbocycles. The van der Waals surface area contributed by atoms with E-state index in [1.165, 1.54) is 0 Å². The van der Waals surface area contributed by atoms with Crippen LogP contribution in [0.1, 0.15) is 10.4 Å². The van der Waals surface area contributed by atoms with Gasteiger partial charge < -0.3 is 15.2 Å². The molecule has 0 saturated carbocycles. The summed E-state index contributed by atoms with van der Waals surface area (Å²) in [7, 11) is 0. The fraction of sp³-hybridized carbons (Fsp3) is 0.222. The first kappa shape index (κ1) is 14.0. The highest BCUT2D eigenvalue weighted by Gasteiger charge is 2.33. The van der Waals surface area contributed by atoms with Crippen LogP contribution in [-0.4, -0.2) is 18.9 Å². The molecule has 1 aromatic rings. The van der Waals surface area contributed by atoms with Gasteiger partial charge in [0.25, 0.3) is 5.91 Å². The van der Waals surface area contributed by atoms with E-state index in [0.29, 0.717) is 0 Å². The molecule has 0 fully saturated rings. The fourth-order valence-electron chi connectivity index (χ4n) is 1.16. The minimum Gasteiger partial charge on any atom is -0.434 e. The van der Waals surface area contributed by atoms with Crippen LogP contribution < -0.4 is 15.2 Å². The van der Waals surface area contributed by atoms with E-state index >= 15 is 0 Å². The van der Waals surface area contributed by atoms with Crippen molar-refractivity contribution in [3.05, 3.63) is 23.8 Å². The first-order chi connectivity index (χ1) is 8.20. The lowest BCUT2D eigenvalue weighted by atomic mass is 10.1. The summed E-state index contributed by atoms with van der Waals surface area (Å²) in [5.74, 6) is -3.18. The molecule has 1 rings (SSSR count). The van der Waals surface area contributed by atoms with Crippen molar-refractivity contribution < 1.29 is 36.2 Å². The maximum absolute atomic E-state index is 12.0. The van der Waals surface area contributed by atoms with Gasteiger partial charge in [-0.05, 0) is 12.1 Å². The van der Waals surface area contributed by atoms with Crippen LogP contribution in [0.4, 0.5) is 22.0 Å². The number of halogens is 5. The van der Waals surface area contributed by atoms with Crippen molar-refractivity contribution in [3.8, 4) is 11.5 Å². The van der Waals surface area contributed by atoms with E-state index in [0.717, 1.165) is 18.2 Å². The Morgan fingerprint density at radius 2 is 1.78 bits per heavy atom. The third-order valence-electron chi connectivity index (χ3n) is 1.68. The van der Waals surface area contributed by atoms with Crippen LogP contribution in [0, 0.1) is 0 Å². The Labute approximate surface area is 97.1 Å². The van der Waals surface area contributed by atoms with Gasteiger partial charge in [-0.1, -0.05) is 6.07 Å². The average molecular weight is 271 g/mol. The van der Waals surface area contributed by atoms with Gasteiger partial charge in [0.2, 0.25) is 0 Å². The Morgan fingerprint density at radius 3 is 2.22 bits per heavy atom. The number of hydrogen-bond acceptors (Lipinski definition) is 3. The van der Waals surface area contributed by atoms with E-state index in [1.807, 2.05) is 0 Å². The molecule has 0 radical (unpaired) electrons. The molecule has 0 atom stereocenters. The summed E-state index contributed by atoms with van der Waals surface area (Å²) in [4.78, 5) is 11.0. The molecule has 9 heteroatoms. The number of amides is 1. The third kappa shape index (κ3) is 3.75. The van der Waals surface area contributed by atoms with Gasteiger partial charge >= 0.3 is 13.0 Å². The van der Waals surface area contributed by atoms with Gasteiger partial charge in [0.1, 0.15) is 17.1 Å². The van der Waals surface area contributed by atoms with Crippen molar-refractivity contribution in [3.63, 3.8) is 0 Å². The standard InChI is InChI=1S/C9H6F5NO3/c10-8(11)17-4-2-1-3-5(6(4)7(15)16)18-9(12,13)14/h1-3,8H,(H2,15,16). The minimum absolute atomic E-state index is 0.756. The lowest BCUT2D eigenvalue weighted by molar-refractivity contribution is -0.274. The van der Waals surface area contributed by atoms with Crippen LogP contribution in [0.25, 0.3) is 0 Å². The number of carbonyl (C=O) groups is 1. The molecule has 18 heavy (non-hydrogen) atoms. The van der Waals surface area contributed by atoms with Crippen molar-refractivity contribution in [1.82, 2.24) is 0 Å². The second-order valence-corrected chi connectivity index (χ2v) is 2.92. The zero-order chi connectivity index (χ0) is 13.9. The molecule has 0 heterocycles. The second-order valence-electron chi connectivity index (χ2n) is 2.92. The monoisotopic (exact) mass is 271 g/mol. The molecular weight excluding hydrogens is 265 g/mol. The number of ether oxygens (including phenoxy) is 2. The fourth-order valence-corrected chi connectivity index (χ4v) is 1.16. The number of carbonyl (C=O) groups excluding carboxylic acids is 1. The van der Waals surface area contributed by atoms with Crippen molar-refractivity contribution in [1.29, 1.82) is 0 Å². The van der Waals surface area contributed by atoms with Crippen LogP contribution in [0.15, 0.2) is 18.2 Å². The van der Waals surface area contributed by atoms with Crippen LogP contribution in [0.2, 0.25) is 0 Å². The molecule has 1 amide bonds. The summed E-state index contributed by atoms with van der Waals surface area (Å²) < 4.78 is 67.4. The SMILES string of the molecule is NC(=O)c1c(OC(F)F)cccc1OC(F)(F)F. The highest BCUT2D eigenvalue weighted by Crippen LogP contribution is 2.32. The van der Waals surface area contributed by atoms with E-state index in [-0.39, 0.29) is 0 Å². The zero-order valence-electron chi connectivity index (χ0n) is 8.50. The maximum atomic E-state index is 12.0. The van der Waals surface area contributed by atoms with E-state index < -0.39 is 35.9 Å². The number of nitrogens with two attached hydrogens (primary N) is 1. The first-order valence-electron chi connectivity index (χ1n) is 4.34. The average Bonchev–Trinajstić information content (AvgIpc) is 2.13. The normalized spacial score (nSPS) is 11.4. The molecule has 2 N–H and O–H groups in total. The van der Waals surface area contributed by atoms with Gasteiger partial charge in [-0.2, -0.15) is 8.78 Å². The molecule has 0 aliphatic heterocycles. The molecule has 100 valence electrons. The van der Waals surface area contributed by atoms with Crippen LogP contribution in [0.3, 0.4) is 0 Å². The van der Waals surface area contributed by atoms with Crippen LogP contribution in [0.5, 0.6) is 11.5 Å². The number of rotatable bonds is 4. The van der Waals surface area contributed by atoms with E-state index in [1.54, 1.807) is 0 Å². The molecule has 0 aliphatic carbocycles. The molecule has 0 aromatic heterocycles. The molecule has 4 nitrogen and oxygen atoms in total. The first-order valence-corrected chi connectivity index (χ1v) is 4.34. The minimum atomic E-state index is -5.09. The highest BCUT2D eigenvalue weighted by atomic mass is 19.4. The number of benzene rings is 1. The summed E-state index contributed by atoms with van der Waals surface area (Å²) in [6.45, 7) is -3.32. The molecule has 0 spiro atoms. The van der Waals surface area contributed by atoms with Crippen molar-refractivity contribution >= 4 is 5.91 Å². The summed E-state index contributed by atoms with van der Waals surface area (Å²) in [5.41, 5.74) is 3.89. The molecule has 0 aliphatic rings. The van der Waals surface area contributed by atoms with Gasteiger partial charge in [-0.3, -0.25) is 4.79 Å². The smallest absolute Gasteiger partial charge is 0.434 e. The van der Waals surface area contributed by atoms with Crippen LogP contribution >= 0.6 is 0 Å². The van der Waals surface area contributed by atoms with Gasteiger partial charge in [-0.25, -0.2) is 0 Å². The predicted octanol–water partition coefficient (Wildman–Crippen LogP) is 2.29. The van der Waals surface area contributed by atoms with Crippen LogP contribution in [-0.2, 0) is 0 Å². The topological polar surface area (TPSA) is 61.6 Å². The van der Waals surface area contributed by atoms with Gasteiger partial charge in [-0.15, -0.1) is 13.2 Å². The van der Waals surface area contributed by atoms with E-state index in [9.17, 15) is 26.7 Å². The van der Waals surface area contributed by atoms with Crippen molar-refractivity contribution in [2.45, 2.75) is 13.0 Å². The van der Waals surface area contributed by atoms with Gasteiger partial charge in [0, 0.05) is 0 Å². The number of primary amides is 1. The summed E-state index contributed by atoms with van der Waals surface area (Å²) in [6, 6.07) is 2.58. The quantitative estimate of drug-likeness (QED) is 0.854. The summed E-state index contributed by atoms with van der Waals surface area (Å²) in [5, 5.41) is 0. The molecule has 0 saturated heterocycles. The Balaban J connectivity index is 3.22. The largest absolute Gasteiger partial charge is 0.573 e. The van der Waals surface area contributed by atoms with Gasteiger partial charge in [0.15, 0.2) is 0 Å². The molecule has 0 unspecified atom stereocenters. The maximum Gasteiger partial charge on any atom is 0.573 e. The summed E-state index contributed by atoms with van der Waals surface area (Å²) in [6.07, 6.45) is -5.09. The van der Waals surface area contributed by atoms with Gasteiger partial charge in [0.05, 0.1) is 0 Å². The second kappa shape index (κ2) is 5.07. The molecule has 0 bridgehead atoms. The van der Waals surface area contributed by atoms with Crippen molar-refractivity contribution in [2.24, 2.45) is 5.73 Å². The number of alkyl halides is 5. The summed E-state index contributed by atoms with van der Waals surface area (Å²) >= 11 is 0. The lowest BCUT2D eigenvalue weighted by Gasteiger charge is -2.14.